The van der Waals surface area contributed by atoms with Gasteiger partial charge in [0, 0.05) is 11.9 Å². The molecule has 0 saturated heterocycles. The highest BCUT2D eigenvalue weighted by atomic mass is 79.9. The SMILES string of the molecule is Cc1ccc(CN(C)CC2(CBr)CC2)o1. The van der Waals surface area contributed by atoms with Crippen LogP contribution in [0, 0.1) is 12.3 Å². The first-order valence-corrected chi connectivity index (χ1v) is 6.56. The molecule has 1 aliphatic rings. The summed E-state index contributed by atoms with van der Waals surface area (Å²) < 4.78 is 5.57. The lowest BCUT2D eigenvalue weighted by molar-refractivity contribution is 0.249. The van der Waals surface area contributed by atoms with Crippen molar-refractivity contribution in [3.05, 3.63) is 23.7 Å². The molecule has 0 unspecified atom stereocenters. The van der Waals surface area contributed by atoms with Crippen LogP contribution >= 0.6 is 15.9 Å². The molecule has 15 heavy (non-hydrogen) atoms. The molecule has 1 saturated carbocycles. The lowest BCUT2D eigenvalue weighted by atomic mass is 10.1. The Labute approximate surface area is 99.8 Å². The van der Waals surface area contributed by atoms with Crippen LogP contribution in [0.2, 0.25) is 0 Å². The first-order valence-electron chi connectivity index (χ1n) is 5.43. The number of furan rings is 1. The summed E-state index contributed by atoms with van der Waals surface area (Å²) in [6, 6.07) is 4.10. The number of alkyl halides is 1. The van der Waals surface area contributed by atoms with Gasteiger partial charge in [-0.3, -0.25) is 4.90 Å². The molecular weight excluding hydrogens is 254 g/mol. The summed E-state index contributed by atoms with van der Waals surface area (Å²) in [6.45, 7) is 4.07. The monoisotopic (exact) mass is 271 g/mol. The van der Waals surface area contributed by atoms with E-state index in [4.69, 9.17) is 4.42 Å². The minimum Gasteiger partial charge on any atom is -0.465 e. The van der Waals surface area contributed by atoms with Crippen molar-refractivity contribution in [3.63, 3.8) is 0 Å². The molecular formula is C12H18BrNO. The largest absolute Gasteiger partial charge is 0.465 e. The molecule has 1 fully saturated rings. The van der Waals surface area contributed by atoms with Crippen LogP contribution in [0.4, 0.5) is 0 Å². The lowest BCUT2D eigenvalue weighted by Gasteiger charge is -2.21. The number of hydrogen-bond acceptors (Lipinski definition) is 2. The van der Waals surface area contributed by atoms with E-state index in [2.05, 4.69) is 33.9 Å². The average molecular weight is 272 g/mol. The highest BCUT2D eigenvalue weighted by Crippen LogP contribution is 2.47. The zero-order valence-electron chi connectivity index (χ0n) is 9.42. The van der Waals surface area contributed by atoms with Gasteiger partial charge < -0.3 is 4.42 Å². The predicted molar refractivity (Wildman–Crippen MR) is 65.2 cm³/mol. The van der Waals surface area contributed by atoms with Gasteiger partial charge in [0.2, 0.25) is 0 Å². The highest BCUT2D eigenvalue weighted by Gasteiger charge is 2.42. The first-order chi connectivity index (χ1) is 7.13. The summed E-state index contributed by atoms with van der Waals surface area (Å²) in [5.41, 5.74) is 0.552. The van der Waals surface area contributed by atoms with Gasteiger partial charge in [-0.2, -0.15) is 0 Å². The Morgan fingerprint density at radius 2 is 2.20 bits per heavy atom. The van der Waals surface area contributed by atoms with Gasteiger partial charge in [0.15, 0.2) is 0 Å². The molecule has 0 atom stereocenters. The van der Waals surface area contributed by atoms with Crippen molar-refractivity contribution in [2.24, 2.45) is 5.41 Å². The zero-order chi connectivity index (χ0) is 10.9. The van der Waals surface area contributed by atoms with Crippen LogP contribution in [-0.2, 0) is 6.54 Å². The number of rotatable bonds is 5. The van der Waals surface area contributed by atoms with E-state index in [0.717, 1.165) is 29.9 Å². The summed E-state index contributed by atoms with van der Waals surface area (Å²) >= 11 is 3.60. The second kappa shape index (κ2) is 4.30. The fraction of sp³-hybridized carbons (Fsp3) is 0.667. The molecule has 0 N–H and O–H groups in total. The molecule has 1 heterocycles. The van der Waals surface area contributed by atoms with Crippen molar-refractivity contribution in [1.29, 1.82) is 0 Å². The van der Waals surface area contributed by atoms with Gasteiger partial charge in [0.1, 0.15) is 11.5 Å². The molecule has 0 bridgehead atoms. The third-order valence-corrected chi connectivity index (χ3v) is 4.26. The maximum absolute atomic E-state index is 5.57. The summed E-state index contributed by atoms with van der Waals surface area (Å²) in [4.78, 5) is 2.35. The molecule has 0 amide bonds. The van der Waals surface area contributed by atoms with Crippen LogP contribution in [0.1, 0.15) is 24.4 Å². The van der Waals surface area contributed by atoms with Crippen molar-refractivity contribution < 1.29 is 4.42 Å². The number of aryl methyl sites for hydroxylation is 1. The minimum atomic E-state index is 0.552. The predicted octanol–water partition coefficient (Wildman–Crippen LogP) is 3.19. The summed E-state index contributed by atoms with van der Waals surface area (Å²) in [7, 11) is 2.17. The Kier molecular flexibility index (Phi) is 3.21. The van der Waals surface area contributed by atoms with Crippen molar-refractivity contribution in [2.75, 3.05) is 18.9 Å². The molecule has 0 aromatic carbocycles. The van der Waals surface area contributed by atoms with Crippen LogP contribution in [0.25, 0.3) is 0 Å². The molecule has 0 radical (unpaired) electrons. The molecule has 1 aliphatic carbocycles. The third-order valence-electron chi connectivity index (χ3n) is 3.07. The van der Waals surface area contributed by atoms with Gasteiger partial charge in [-0.05, 0) is 44.4 Å². The van der Waals surface area contributed by atoms with Gasteiger partial charge in [-0.15, -0.1) is 0 Å². The molecule has 2 nitrogen and oxygen atoms in total. The fourth-order valence-electron chi connectivity index (χ4n) is 1.98. The van der Waals surface area contributed by atoms with E-state index in [1.165, 1.54) is 12.8 Å². The van der Waals surface area contributed by atoms with Gasteiger partial charge in [-0.25, -0.2) is 0 Å². The van der Waals surface area contributed by atoms with E-state index in [1.807, 2.05) is 13.0 Å². The zero-order valence-corrected chi connectivity index (χ0v) is 11.0. The lowest BCUT2D eigenvalue weighted by Crippen LogP contribution is -2.27. The second-order valence-electron chi connectivity index (χ2n) is 4.82. The van der Waals surface area contributed by atoms with Gasteiger partial charge in [0.05, 0.1) is 6.54 Å². The van der Waals surface area contributed by atoms with Crippen LogP contribution < -0.4 is 0 Å². The van der Waals surface area contributed by atoms with Crippen LogP contribution in [-0.4, -0.2) is 23.8 Å². The molecule has 1 aromatic rings. The van der Waals surface area contributed by atoms with Gasteiger partial charge in [-0.1, -0.05) is 15.9 Å². The van der Waals surface area contributed by atoms with Crippen molar-refractivity contribution in [1.82, 2.24) is 4.90 Å². The van der Waals surface area contributed by atoms with Crippen molar-refractivity contribution in [2.45, 2.75) is 26.3 Å². The number of halogens is 1. The van der Waals surface area contributed by atoms with Gasteiger partial charge in [0.25, 0.3) is 0 Å². The number of hydrogen-bond donors (Lipinski definition) is 0. The highest BCUT2D eigenvalue weighted by molar-refractivity contribution is 9.09. The maximum Gasteiger partial charge on any atom is 0.118 e. The van der Waals surface area contributed by atoms with Crippen LogP contribution in [0.3, 0.4) is 0 Å². The van der Waals surface area contributed by atoms with Crippen molar-refractivity contribution in [3.8, 4) is 0 Å². The molecule has 84 valence electrons. The standard InChI is InChI=1S/C12H18BrNO/c1-10-3-4-11(15-10)7-14(2)9-12(8-13)5-6-12/h3-4H,5-9H2,1-2H3. The van der Waals surface area contributed by atoms with Gasteiger partial charge >= 0.3 is 0 Å². The average Bonchev–Trinajstić information content (AvgIpc) is 2.84. The fourth-order valence-corrected chi connectivity index (χ4v) is 2.71. The normalized spacial score (nSPS) is 18.4. The molecule has 3 heteroatoms. The molecule has 2 rings (SSSR count). The van der Waals surface area contributed by atoms with E-state index < -0.39 is 0 Å². The molecule has 1 aromatic heterocycles. The summed E-state index contributed by atoms with van der Waals surface area (Å²) in [5.74, 6) is 2.07. The topological polar surface area (TPSA) is 16.4 Å². The number of nitrogens with zero attached hydrogens (tertiary/aromatic N) is 1. The maximum atomic E-state index is 5.57. The second-order valence-corrected chi connectivity index (χ2v) is 5.38. The minimum absolute atomic E-state index is 0.552. The van der Waals surface area contributed by atoms with Crippen LogP contribution in [0.15, 0.2) is 16.5 Å². The molecule has 0 aliphatic heterocycles. The van der Waals surface area contributed by atoms with E-state index in [0.29, 0.717) is 5.41 Å². The Bertz CT molecular complexity index is 330. The van der Waals surface area contributed by atoms with E-state index in [9.17, 15) is 0 Å². The Hall–Kier alpha value is -0.280. The summed E-state index contributed by atoms with van der Waals surface area (Å²) in [6.07, 6.45) is 2.72. The van der Waals surface area contributed by atoms with E-state index in [1.54, 1.807) is 0 Å². The third kappa shape index (κ3) is 2.85. The Morgan fingerprint density at radius 1 is 1.47 bits per heavy atom. The molecule has 0 spiro atoms. The Morgan fingerprint density at radius 3 is 2.67 bits per heavy atom. The van der Waals surface area contributed by atoms with Crippen molar-refractivity contribution >= 4 is 15.9 Å². The smallest absolute Gasteiger partial charge is 0.118 e. The summed E-state index contributed by atoms with van der Waals surface area (Å²) in [5, 5.41) is 1.13. The van der Waals surface area contributed by atoms with E-state index in [-0.39, 0.29) is 0 Å². The van der Waals surface area contributed by atoms with Crippen LogP contribution in [0.5, 0.6) is 0 Å². The first kappa shape index (κ1) is 11.2. The quantitative estimate of drug-likeness (QED) is 0.765. The van der Waals surface area contributed by atoms with E-state index >= 15 is 0 Å². The Balaban J connectivity index is 1.84.